The van der Waals surface area contributed by atoms with E-state index >= 15 is 0 Å². The van der Waals surface area contributed by atoms with E-state index in [1.165, 1.54) is 23.5 Å². The zero-order chi connectivity index (χ0) is 24.5. The molecule has 0 spiro atoms. The second kappa shape index (κ2) is 9.70. The number of sulfonamides is 1. The van der Waals surface area contributed by atoms with Gasteiger partial charge in [0.05, 0.1) is 11.3 Å². The maximum Gasteiger partial charge on any atom is 0.296 e. The average Bonchev–Trinajstić information content (AvgIpc) is 2.77. The molecule has 0 aliphatic carbocycles. The summed E-state index contributed by atoms with van der Waals surface area (Å²) in [5.41, 5.74) is -0.385. The minimum absolute atomic E-state index is 0.0346. The summed E-state index contributed by atoms with van der Waals surface area (Å²) in [4.78, 5) is 31.7. The maximum absolute atomic E-state index is 13.1. The highest BCUT2D eigenvalue weighted by molar-refractivity contribution is 7.89. The van der Waals surface area contributed by atoms with Crippen LogP contribution in [0.4, 0.5) is 4.39 Å². The molecule has 0 bridgehead atoms. The summed E-state index contributed by atoms with van der Waals surface area (Å²) >= 11 is 0. The van der Waals surface area contributed by atoms with E-state index in [0.717, 1.165) is 10.1 Å². The molecule has 1 aliphatic rings. The highest BCUT2D eigenvalue weighted by Crippen LogP contribution is 2.26. The van der Waals surface area contributed by atoms with E-state index in [1.54, 1.807) is 33.0 Å². The third-order valence-electron chi connectivity index (χ3n) is 5.98. The van der Waals surface area contributed by atoms with Gasteiger partial charge in [0.15, 0.2) is 11.5 Å². The van der Waals surface area contributed by atoms with E-state index < -0.39 is 38.4 Å². The number of likely N-dealkylation sites (N-methyl/N-ethyl adjacent to an activating group) is 1. The van der Waals surface area contributed by atoms with Crippen LogP contribution in [0.1, 0.15) is 48.2 Å². The Hall–Kier alpha value is -2.63. The van der Waals surface area contributed by atoms with Crippen LogP contribution < -0.4 is 5.56 Å². The summed E-state index contributed by atoms with van der Waals surface area (Å²) in [7, 11) is -0.294. The highest BCUT2D eigenvalue weighted by Gasteiger charge is 2.36. The van der Waals surface area contributed by atoms with Crippen LogP contribution in [0.2, 0.25) is 0 Å². The van der Waals surface area contributed by atoms with Crippen molar-refractivity contribution in [2.24, 2.45) is 7.05 Å². The van der Waals surface area contributed by atoms with Gasteiger partial charge in [-0.1, -0.05) is 12.1 Å². The summed E-state index contributed by atoms with van der Waals surface area (Å²) in [6, 6.07) is 5.14. The zero-order valence-electron chi connectivity index (χ0n) is 19.2. The van der Waals surface area contributed by atoms with Gasteiger partial charge in [-0.3, -0.25) is 19.1 Å². The van der Waals surface area contributed by atoms with E-state index in [-0.39, 0.29) is 36.7 Å². The molecule has 11 heteroatoms. The first-order chi connectivity index (χ1) is 15.4. The van der Waals surface area contributed by atoms with E-state index in [0.29, 0.717) is 13.1 Å². The lowest BCUT2D eigenvalue weighted by molar-refractivity contribution is 0.0970. The van der Waals surface area contributed by atoms with E-state index in [2.05, 4.69) is 4.98 Å². The van der Waals surface area contributed by atoms with Gasteiger partial charge < -0.3 is 5.11 Å². The summed E-state index contributed by atoms with van der Waals surface area (Å²) in [6.45, 7) is 4.01. The molecule has 1 fully saturated rings. The van der Waals surface area contributed by atoms with Gasteiger partial charge >= 0.3 is 0 Å². The second-order valence-corrected chi connectivity index (χ2v) is 11.0. The summed E-state index contributed by atoms with van der Waals surface area (Å²) < 4.78 is 41.0. The third kappa shape index (κ3) is 5.15. The highest BCUT2D eigenvalue weighted by atomic mass is 32.2. The van der Waals surface area contributed by atoms with E-state index in [1.807, 2.05) is 4.90 Å². The van der Waals surface area contributed by atoms with Crippen molar-refractivity contribution in [3.05, 3.63) is 57.5 Å². The first-order valence-corrected chi connectivity index (χ1v) is 12.2. The molecule has 1 unspecified atom stereocenters. The Morgan fingerprint density at radius 1 is 1.21 bits per heavy atom. The maximum atomic E-state index is 13.1. The lowest BCUT2D eigenvalue weighted by Crippen LogP contribution is -2.51. The molecule has 180 valence electrons. The van der Waals surface area contributed by atoms with Crippen LogP contribution in [0, 0.1) is 5.82 Å². The average molecular weight is 481 g/mol. The van der Waals surface area contributed by atoms with Gasteiger partial charge in [-0.2, -0.15) is 4.31 Å². The first kappa shape index (κ1) is 25.0. The van der Waals surface area contributed by atoms with Gasteiger partial charge in [0.2, 0.25) is 15.8 Å². The fraction of sp³-hybridized carbons (Fsp3) is 0.500. The van der Waals surface area contributed by atoms with Crippen LogP contribution in [0.3, 0.4) is 0 Å². The summed E-state index contributed by atoms with van der Waals surface area (Å²) in [5.74, 6) is -1.45. The first-order valence-electron chi connectivity index (χ1n) is 10.7. The number of benzene rings is 1. The standard InChI is InChI=1S/C22H29FN4O5S/c1-14(2)33(31,32)27-12-11-25(3)17(13-27)21-24-19(20(29)22(30)26(21)4)18(28)10-7-15-5-8-16(23)9-6-15/h5-6,8-9,14,17,29H,7,10-13H2,1-4H3. The number of ketones is 1. The van der Waals surface area contributed by atoms with Crippen molar-refractivity contribution >= 4 is 15.8 Å². The van der Waals surface area contributed by atoms with Crippen molar-refractivity contribution in [3.63, 3.8) is 0 Å². The van der Waals surface area contributed by atoms with Gasteiger partial charge in [0, 0.05) is 33.1 Å². The number of halogens is 1. The molecule has 9 nitrogen and oxygen atoms in total. The molecule has 1 N–H and O–H groups in total. The van der Waals surface area contributed by atoms with Crippen LogP contribution in [0.25, 0.3) is 0 Å². The predicted molar refractivity (Wildman–Crippen MR) is 121 cm³/mol. The zero-order valence-corrected chi connectivity index (χ0v) is 20.0. The number of carbonyl (C=O) groups excluding carboxylic acids is 1. The largest absolute Gasteiger partial charge is 0.501 e. The fourth-order valence-electron chi connectivity index (χ4n) is 3.78. The topological polar surface area (TPSA) is 113 Å². The summed E-state index contributed by atoms with van der Waals surface area (Å²) in [5, 5.41) is 9.74. The van der Waals surface area contributed by atoms with Crippen molar-refractivity contribution in [3.8, 4) is 5.75 Å². The molecule has 1 aromatic heterocycles. The lowest BCUT2D eigenvalue weighted by Gasteiger charge is -2.39. The lowest BCUT2D eigenvalue weighted by atomic mass is 10.1. The van der Waals surface area contributed by atoms with Crippen LogP contribution in [0.5, 0.6) is 5.75 Å². The molecule has 0 amide bonds. The number of Topliss-reactive ketones (excluding diaryl/α,β-unsaturated/α-hetero) is 1. The Bertz CT molecular complexity index is 1190. The number of rotatable bonds is 7. The Kier molecular flexibility index (Phi) is 7.35. The van der Waals surface area contributed by atoms with Gasteiger partial charge in [-0.05, 0) is 45.0 Å². The minimum atomic E-state index is -3.52. The van der Waals surface area contributed by atoms with Crippen molar-refractivity contribution in [2.45, 2.75) is 38.0 Å². The molecule has 0 radical (unpaired) electrons. The molecule has 33 heavy (non-hydrogen) atoms. The van der Waals surface area contributed by atoms with Crippen molar-refractivity contribution in [2.75, 3.05) is 26.7 Å². The molecule has 0 saturated carbocycles. The quantitative estimate of drug-likeness (QED) is 0.597. The van der Waals surface area contributed by atoms with Crippen LogP contribution in [-0.2, 0) is 23.5 Å². The number of carbonyl (C=O) groups is 1. The molecule has 1 saturated heterocycles. The predicted octanol–water partition coefficient (Wildman–Crippen LogP) is 1.47. The van der Waals surface area contributed by atoms with E-state index in [4.69, 9.17) is 0 Å². The Morgan fingerprint density at radius 2 is 1.85 bits per heavy atom. The Labute approximate surface area is 192 Å². The van der Waals surface area contributed by atoms with Crippen LogP contribution >= 0.6 is 0 Å². The number of hydrogen-bond donors (Lipinski definition) is 1. The molecule has 2 heterocycles. The number of nitrogens with zero attached hydrogens (tertiary/aromatic N) is 4. The smallest absolute Gasteiger partial charge is 0.296 e. The molecule has 1 aliphatic heterocycles. The minimum Gasteiger partial charge on any atom is -0.501 e. The van der Waals surface area contributed by atoms with E-state index in [9.17, 15) is 27.5 Å². The Balaban J connectivity index is 1.92. The number of aryl methyl sites for hydroxylation is 1. The monoisotopic (exact) mass is 480 g/mol. The summed E-state index contributed by atoms with van der Waals surface area (Å²) in [6.07, 6.45) is 0.252. The molecular formula is C22H29FN4O5S. The van der Waals surface area contributed by atoms with Gasteiger partial charge in [0.25, 0.3) is 5.56 Å². The molecule has 2 aromatic rings. The molecule has 3 rings (SSSR count). The van der Waals surface area contributed by atoms with Gasteiger partial charge in [-0.15, -0.1) is 0 Å². The Morgan fingerprint density at radius 3 is 2.45 bits per heavy atom. The van der Waals surface area contributed by atoms with Crippen molar-refractivity contribution < 1.29 is 22.7 Å². The van der Waals surface area contributed by atoms with Crippen LogP contribution in [-0.4, -0.2) is 70.0 Å². The normalized spacial score (nSPS) is 18.1. The van der Waals surface area contributed by atoms with Crippen molar-refractivity contribution in [1.82, 2.24) is 18.8 Å². The molecular weight excluding hydrogens is 451 g/mol. The SMILES string of the molecule is CC(C)S(=O)(=O)N1CCN(C)C(c2nc(C(=O)CCc3ccc(F)cc3)c(O)c(=O)n2C)C1. The second-order valence-electron chi connectivity index (χ2n) is 8.53. The molecule has 1 aromatic carbocycles. The third-order valence-corrected chi connectivity index (χ3v) is 8.23. The number of aromatic hydroxyl groups is 1. The van der Waals surface area contributed by atoms with Crippen LogP contribution in [0.15, 0.2) is 29.1 Å². The van der Waals surface area contributed by atoms with Crippen molar-refractivity contribution in [1.29, 1.82) is 0 Å². The number of aromatic nitrogens is 2. The van der Waals surface area contributed by atoms with Gasteiger partial charge in [-0.25, -0.2) is 17.8 Å². The molecule has 1 atom stereocenters. The fourth-order valence-corrected chi connectivity index (χ4v) is 5.06. The number of hydrogen-bond acceptors (Lipinski definition) is 7. The van der Waals surface area contributed by atoms with Gasteiger partial charge in [0.1, 0.15) is 11.6 Å². The number of piperazine rings is 1.